The van der Waals surface area contributed by atoms with Gasteiger partial charge in [0.15, 0.2) is 0 Å². The van der Waals surface area contributed by atoms with Crippen molar-refractivity contribution in [2.24, 2.45) is 0 Å². The summed E-state index contributed by atoms with van der Waals surface area (Å²) in [6.07, 6.45) is 4.72. The number of hydrogen-bond donors (Lipinski definition) is 1. The summed E-state index contributed by atoms with van der Waals surface area (Å²) in [6, 6.07) is 6.08. The minimum Gasteiger partial charge on any atom is -0.381 e. The van der Waals surface area contributed by atoms with Gasteiger partial charge in [-0.2, -0.15) is 5.10 Å². The van der Waals surface area contributed by atoms with Crippen molar-refractivity contribution in [3.8, 4) is 0 Å². The van der Waals surface area contributed by atoms with Crippen LogP contribution in [-0.2, 0) is 12.1 Å². The predicted octanol–water partition coefficient (Wildman–Crippen LogP) is 3.17. The Morgan fingerprint density at radius 3 is 2.58 bits per heavy atom. The Kier molecular flexibility index (Phi) is 3.76. The van der Waals surface area contributed by atoms with Gasteiger partial charge >= 0.3 is 0 Å². The van der Waals surface area contributed by atoms with Gasteiger partial charge < -0.3 is 5.11 Å². The molecule has 2 rings (SSSR count). The highest BCUT2D eigenvalue weighted by molar-refractivity contribution is 5.38. The van der Waals surface area contributed by atoms with Crippen LogP contribution in [0.2, 0.25) is 0 Å². The van der Waals surface area contributed by atoms with Gasteiger partial charge in [-0.05, 0) is 43.9 Å². The SMILES string of the molecule is CCCn1cc(C(C)(O)c2ccc(C)c(C)c2)cn1. The Bertz CT molecular complexity index is 570. The number of rotatable bonds is 4. The maximum Gasteiger partial charge on any atom is 0.115 e. The van der Waals surface area contributed by atoms with Crippen molar-refractivity contribution in [1.29, 1.82) is 0 Å². The first kappa shape index (κ1) is 13.8. The van der Waals surface area contributed by atoms with Crippen LogP contribution in [0.1, 0.15) is 42.5 Å². The topological polar surface area (TPSA) is 38.0 Å². The van der Waals surface area contributed by atoms with Gasteiger partial charge in [-0.1, -0.05) is 25.1 Å². The second-order valence-electron chi connectivity index (χ2n) is 5.36. The highest BCUT2D eigenvalue weighted by Crippen LogP contribution is 2.29. The number of benzene rings is 1. The normalized spacial score (nSPS) is 14.4. The Labute approximate surface area is 114 Å². The first-order valence-electron chi connectivity index (χ1n) is 6.78. The van der Waals surface area contributed by atoms with Crippen LogP contribution in [0, 0.1) is 13.8 Å². The number of aryl methyl sites for hydroxylation is 3. The van der Waals surface area contributed by atoms with E-state index in [9.17, 15) is 5.11 Å². The molecule has 2 aromatic rings. The first-order chi connectivity index (χ1) is 8.95. The van der Waals surface area contributed by atoms with E-state index in [0.717, 1.165) is 24.1 Å². The quantitative estimate of drug-likeness (QED) is 0.914. The molecule has 0 saturated carbocycles. The summed E-state index contributed by atoms with van der Waals surface area (Å²) in [5, 5.41) is 15.1. The van der Waals surface area contributed by atoms with Crippen molar-refractivity contribution in [2.45, 2.75) is 46.3 Å². The molecule has 19 heavy (non-hydrogen) atoms. The zero-order valence-corrected chi connectivity index (χ0v) is 12.1. The molecule has 1 aromatic heterocycles. The van der Waals surface area contributed by atoms with Crippen LogP contribution in [0.3, 0.4) is 0 Å². The summed E-state index contributed by atoms with van der Waals surface area (Å²) in [6.45, 7) is 8.96. The highest BCUT2D eigenvalue weighted by Gasteiger charge is 2.27. The van der Waals surface area contributed by atoms with Crippen molar-refractivity contribution in [1.82, 2.24) is 9.78 Å². The maximum atomic E-state index is 10.8. The van der Waals surface area contributed by atoms with E-state index in [4.69, 9.17) is 0 Å². The summed E-state index contributed by atoms with van der Waals surface area (Å²) in [7, 11) is 0. The largest absolute Gasteiger partial charge is 0.381 e. The molecule has 1 N–H and O–H groups in total. The minimum atomic E-state index is -0.996. The van der Waals surface area contributed by atoms with Crippen molar-refractivity contribution in [3.63, 3.8) is 0 Å². The molecule has 1 heterocycles. The lowest BCUT2D eigenvalue weighted by molar-refractivity contribution is 0.102. The molecule has 0 amide bonds. The van der Waals surface area contributed by atoms with E-state index in [1.807, 2.05) is 29.9 Å². The maximum absolute atomic E-state index is 10.8. The van der Waals surface area contributed by atoms with Gasteiger partial charge in [0.25, 0.3) is 0 Å². The van der Waals surface area contributed by atoms with E-state index in [1.54, 1.807) is 6.20 Å². The van der Waals surface area contributed by atoms with Crippen molar-refractivity contribution < 1.29 is 5.11 Å². The highest BCUT2D eigenvalue weighted by atomic mass is 16.3. The average Bonchev–Trinajstić information content (AvgIpc) is 2.82. The Hall–Kier alpha value is -1.61. The summed E-state index contributed by atoms with van der Waals surface area (Å²) in [4.78, 5) is 0. The fourth-order valence-electron chi connectivity index (χ4n) is 2.18. The van der Waals surface area contributed by atoms with Crippen LogP contribution >= 0.6 is 0 Å². The molecule has 3 nitrogen and oxygen atoms in total. The standard InChI is InChI=1S/C16H22N2O/c1-5-8-18-11-15(10-17-18)16(4,19)14-7-6-12(2)13(3)9-14/h6-7,9-11,19H,5,8H2,1-4H3. The molecule has 0 aliphatic heterocycles. The zero-order valence-electron chi connectivity index (χ0n) is 12.1. The number of nitrogens with zero attached hydrogens (tertiary/aromatic N) is 2. The van der Waals surface area contributed by atoms with E-state index in [-0.39, 0.29) is 0 Å². The van der Waals surface area contributed by atoms with Crippen LogP contribution < -0.4 is 0 Å². The molecule has 0 saturated heterocycles. The van der Waals surface area contributed by atoms with Crippen molar-refractivity contribution in [2.75, 3.05) is 0 Å². The van der Waals surface area contributed by atoms with Crippen LogP contribution in [0.4, 0.5) is 0 Å². The molecule has 1 aromatic carbocycles. The van der Waals surface area contributed by atoms with Crippen LogP contribution in [-0.4, -0.2) is 14.9 Å². The summed E-state index contributed by atoms with van der Waals surface area (Å²) in [5.41, 5.74) is 3.18. The van der Waals surface area contributed by atoms with E-state index in [0.29, 0.717) is 0 Å². The van der Waals surface area contributed by atoms with Gasteiger partial charge in [-0.25, -0.2) is 0 Å². The van der Waals surface area contributed by atoms with Crippen molar-refractivity contribution >= 4 is 0 Å². The summed E-state index contributed by atoms with van der Waals surface area (Å²) in [5.74, 6) is 0. The average molecular weight is 258 g/mol. The zero-order chi connectivity index (χ0) is 14.0. The molecule has 0 aliphatic carbocycles. The summed E-state index contributed by atoms with van der Waals surface area (Å²) < 4.78 is 1.88. The fraction of sp³-hybridized carbons (Fsp3) is 0.438. The third kappa shape index (κ3) is 2.71. The summed E-state index contributed by atoms with van der Waals surface area (Å²) >= 11 is 0. The van der Waals surface area contributed by atoms with E-state index < -0.39 is 5.60 Å². The molecule has 0 spiro atoms. The molecule has 0 fully saturated rings. The number of aliphatic hydroxyl groups is 1. The number of aromatic nitrogens is 2. The molecule has 0 radical (unpaired) electrons. The monoisotopic (exact) mass is 258 g/mol. The second-order valence-corrected chi connectivity index (χ2v) is 5.36. The molecule has 3 heteroatoms. The molecule has 0 bridgehead atoms. The Balaban J connectivity index is 2.36. The van der Waals surface area contributed by atoms with Gasteiger partial charge in [0.1, 0.15) is 5.60 Å². The van der Waals surface area contributed by atoms with E-state index >= 15 is 0 Å². The first-order valence-corrected chi connectivity index (χ1v) is 6.78. The Morgan fingerprint density at radius 2 is 1.95 bits per heavy atom. The van der Waals surface area contributed by atoms with Crippen LogP contribution in [0.15, 0.2) is 30.6 Å². The van der Waals surface area contributed by atoms with Gasteiger partial charge in [-0.15, -0.1) is 0 Å². The van der Waals surface area contributed by atoms with E-state index in [2.05, 4.69) is 31.9 Å². The number of hydrogen-bond acceptors (Lipinski definition) is 2. The smallest absolute Gasteiger partial charge is 0.115 e. The molecule has 102 valence electrons. The third-order valence-corrected chi connectivity index (χ3v) is 3.72. The minimum absolute atomic E-state index is 0.837. The molecule has 1 unspecified atom stereocenters. The Morgan fingerprint density at radius 1 is 1.21 bits per heavy atom. The molecular formula is C16H22N2O. The lowest BCUT2D eigenvalue weighted by Gasteiger charge is -2.23. The molecule has 0 aliphatic rings. The second kappa shape index (κ2) is 5.17. The van der Waals surface area contributed by atoms with Gasteiger partial charge in [0, 0.05) is 18.3 Å². The van der Waals surface area contributed by atoms with E-state index in [1.165, 1.54) is 11.1 Å². The van der Waals surface area contributed by atoms with Gasteiger partial charge in [0.2, 0.25) is 0 Å². The molecule has 1 atom stereocenters. The van der Waals surface area contributed by atoms with Gasteiger partial charge in [0.05, 0.1) is 6.20 Å². The van der Waals surface area contributed by atoms with Crippen molar-refractivity contribution in [3.05, 3.63) is 52.8 Å². The lowest BCUT2D eigenvalue weighted by atomic mass is 9.88. The lowest BCUT2D eigenvalue weighted by Crippen LogP contribution is -2.22. The van der Waals surface area contributed by atoms with Crippen LogP contribution in [0.25, 0.3) is 0 Å². The van der Waals surface area contributed by atoms with Crippen LogP contribution in [0.5, 0.6) is 0 Å². The third-order valence-electron chi connectivity index (χ3n) is 3.72. The molecular weight excluding hydrogens is 236 g/mol. The van der Waals surface area contributed by atoms with Gasteiger partial charge in [-0.3, -0.25) is 4.68 Å². The predicted molar refractivity (Wildman–Crippen MR) is 77.1 cm³/mol. The fourth-order valence-corrected chi connectivity index (χ4v) is 2.18.